The maximum atomic E-state index is 11.3. The summed E-state index contributed by atoms with van der Waals surface area (Å²) in [5.74, 6) is -0.615. The van der Waals surface area contributed by atoms with Gasteiger partial charge in [-0.25, -0.2) is 0 Å². The van der Waals surface area contributed by atoms with Crippen LogP contribution in [0.15, 0.2) is 0 Å². The van der Waals surface area contributed by atoms with Crippen molar-refractivity contribution in [1.29, 1.82) is 0 Å². The van der Waals surface area contributed by atoms with Gasteiger partial charge in [0.15, 0.2) is 0 Å². The number of hydrogen-bond acceptors (Lipinski definition) is 3. The van der Waals surface area contributed by atoms with E-state index in [0.29, 0.717) is 6.54 Å². The third-order valence-electron chi connectivity index (χ3n) is 1.94. The van der Waals surface area contributed by atoms with Crippen LogP contribution in [0.5, 0.6) is 0 Å². The molecule has 0 bridgehead atoms. The Morgan fingerprint density at radius 1 is 1.43 bits per heavy atom. The number of carbonyl (C=O) groups is 2. The molecular formula is C9H19N3O2. The van der Waals surface area contributed by atoms with Gasteiger partial charge >= 0.3 is 0 Å². The van der Waals surface area contributed by atoms with Gasteiger partial charge in [0.2, 0.25) is 11.8 Å². The van der Waals surface area contributed by atoms with E-state index in [0.717, 1.165) is 0 Å². The lowest BCUT2D eigenvalue weighted by Gasteiger charge is -2.26. The fraction of sp³-hybridized carbons (Fsp3) is 0.778. The smallest absolute Gasteiger partial charge is 0.237 e. The molecular weight excluding hydrogens is 182 g/mol. The summed E-state index contributed by atoms with van der Waals surface area (Å²) in [7, 11) is 0. The Balaban J connectivity index is 4.24. The van der Waals surface area contributed by atoms with Gasteiger partial charge in [0, 0.05) is 6.54 Å². The Labute approximate surface area is 84.4 Å². The van der Waals surface area contributed by atoms with Crippen LogP contribution in [-0.2, 0) is 9.59 Å². The SMILES string of the molecule is CCNC(=O)C(C)NC(C)(C)C(N)=O. The van der Waals surface area contributed by atoms with Crippen molar-refractivity contribution >= 4 is 11.8 Å². The maximum absolute atomic E-state index is 11.3. The first-order chi connectivity index (χ1) is 6.31. The number of rotatable bonds is 5. The van der Waals surface area contributed by atoms with Crippen molar-refractivity contribution in [2.75, 3.05) is 6.54 Å². The van der Waals surface area contributed by atoms with Crippen LogP contribution in [0.3, 0.4) is 0 Å². The van der Waals surface area contributed by atoms with Gasteiger partial charge in [-0.2, -0.15) is 0 Å². The molecule has 0 heterocycles. The summed E-state index contributed by atoms with van der Waals surface area (Å²) < 4.78 is 0. The van der Waals surface area contributed by atoms with E-state index < -0.39 is 17.5 Å². The molecule has 0 aromatic rings. The second-order valence-corrected chi connectivity index (χ2v) is 3.75. The highest BCUT2D eigenvalue weighted by molar-refractivity contribution is 5.86. The fourth-order valence-corrected chi connectivity index (χ4v) is 1.01. The molecule has 0 rings (SSSR count). The summed E-state index contributed by atoms with van der Waals surface area (Å²) in [6.45, 7) is 7.39. The predicted octanol–water partition coefficient (Wildman–Crippen LogP) is -0.635. The molecule has 1 atom stereocenters. The molecule has 82 valence electrons. The van der Waals surface area contributed by atoms with E-state index in [2.05, 4.69) is 10.6 Å². The Morgan fingerprint density at radius 2 is 1.93 bits per heavy atom. The Kier molecular flexibility index (Phi) is 4.56. The summed E-state index contributed by atoms with van der Waals surface area (Å²) in [5, 5.41) is 5.51. The molecule has 5 heteroatoms. The predicted molar refractivity (Wildman–Crippen MR) is 54.6 cm³/mol. The van der Waals surface area contributed by atoms with Crippen molar-refractivity contribution < 1.29 is 9.59 Å². The van der Waals surface area contributed by atoms with Gasteiger partial charge in [-0.15, -0.1) is 0 Å². The number of hydrogen-bond donors (Lipinski definition) is 3. The summed E-state index contributed by atoms with van der Waals surface area (Å²) in [5.41, 5.74) is 4.29. The van der Waals surface area contributed by atoms with Crippen LogP contribution in [-0.4, -0.2) is 29.9 Å². The summed E-state index contributed by atoms with van der Waals surface area (Å²) >= 11 is 0. The van der Waals surface area contributed by atoms with Gasteiger partial charge in [-0.05, 0) is 27.7 Å². The minimum absolute atomic E-state index is 0.137. The van der Waals surface area contributed by atoms with Gasteiger partial charge in [-0.3, -0.25) is 14.9 Å². The quantitative estimate of drug-likeness (QED) is 0.553. The first-order valence-corrected chi connectivity index (χ1v) is 4.66. The Bertz CT molecular complexity index is 226. The van der Waals surface area contributed by atoms with E-state index in [1.165, 1.54) is 0 Å². The zero-order valence-electron chi connectivity index (χ0n) is 9.18. The molecule has 0 saturated heterocycles. The molecule has 0 aliphatic heterocycles. The van der Waals surface area contributed by atoms with Crippen LogP contribution in [0.25, 0.3) is 0 Å². The highest BCUT2D eigenvalue weighted by atomic mass is 16.2. The zero-order chi connectivity index (χ0) is 11.4. The van der Waals surface area contributed by atoms with E-state index in [4.69, 9.17) is 5.73 Å². The van der Waals surface area contributed by atoms with Crippen molar-refractivity contribution in [2.45, 2.75) is 39.3 Å². The monoisotopic (exact) mass is 201 g/mol. The lowest BCUT2D eigenvalue weighted by atomic mass is 10.0. The number of nitrogens with two attached hydrogens (primary N) is 1. The molecule has 0 spiro atoms. The van der Waals surface area contributed by atoms with Gasteiger partial charge in [0.1, 0.15) is 0 Å². The van der Waals surface area contributed by atoms with E-state index in [1.807, 2.05) is 6.92 Å². The van der Waals surface area contributed by atoms with E-state index in [-0.39, 0.29) is 5.91 Å². The molecule has 0 aromatic heterocycles. The number of nitrogens with one attached hydrogen (secondary N) is 2. The number of likely N-dealkylation sites (N-methyl/N-ethyl adjacent to an activating group) is 1. The second-order valence-electron chi connectivity index (χ2n) is 3.75. The van der Waals surface area contributed by atoms with Crippen LogP contribution in [0.1, 0.15) is 27.7 Å². The van der Waals surface area contributed by atoms with E-state index in [1.54, 1.807) is 20.8 Å². The molecule has 5 nitrogen and oxygen atoms in total. The van der Waals surface area contributed by atoms with Crippen LogP contribution in [0.4, 0.5) is 0 Å². The Morgan fingerprint density at radius 3 is 2.29 bits per heavy atom. The van der Waals surface area contributed by atoms with Gasteiger partial charge in [-0.1, -0.05) is 0 Å². The molecule has 1 unspecified atom stereocenters. The molecule has 0 radical (unpaired) electrons. The van der Waals surface area contributed by atoms with E-state index in [9.17, 15) is 9.59 Å². The lowest BCUT2D eigenvalue weighted by Crippen LogP contribution is -2.57. The highest BCUT2D eigenvalue weighted by Gasteiger charge is 2.28. The average molecular weight is 201 g/mol. The summed E-state index contributed by atoms with van der Waals surface area (Å²) in [6, 6.07) is -0.433. The average Bonchev–Trinajstić information content (AvgIpc) is 2.03. The third-order valence-corrected chi connectivity index (χ3v) is 1.94. The van der Waals surface area contributed by atoms with Crippen molar-refractivity contribution in [3.63, 3.8) is 0 Å². The standard InChI is InChI=1S/C9H19N3O2/c1-5-11-7(13)6(2)12-9(3,4)8(10)14/h6,12H,5H2,1-4H3,(H2,10,14)(H,11,13). The van der Waals surface area contributed by atoms with Crippen molar-refractivity contribution in [3.8, 4) is 0 Å². The van der Waals surface area contributed by atoms with Crippen molar-refractivity contribution in [2.24, 2.45) is 5.73 Å². The summed E-state index contributed by atoms with van der Waals surface area (Å²) in [4.78, 5) is 22.3. The minimum atomic E-state index is -0.871. The molecule has 0 saturated carbocycles. The number of carbonyl (C=O) groups excluding carboxylic acids is 2. The molecule has 0 aliphatic carbocycles. The Hall–Kier alpha value is -1.10. The van der Waals surface area contributed by atoms with Gasteiger partial charge in [0.25, 0.3) is 0 Å². The minimum Gasteiger partial charge on any atom is -0.368 e. The highest BCUT2D eigenvalue weighted by Crippen LogP contribution is 2.02. The number of primary amides is 1. The first kappa shape index (κ1) is 12.9. The fourth-order valence-electron chi connectivity index (χ4n) is 1.01. The molecule has 0 fully saturated rings. The first-order valence-electron chi connectivity index (χ1n) is 4.66. The number of amides is 2. The van der Waals surface area contributed by atoms with Crippen molar-refractivity contribution in [3.05, 3.63) is 0 Å². The normalized spacial score (nSPS) is 13.4. The maximum Gasteiger partial charge on any atom is 0.237 e. The molecule has 4 N–H and O–H groups in total. The third kappa shape index (κ3) is 3.74. The van der Waals surface area contributed by atoms with Crippen LogP contribution in [0, 0.1) is 0 Å². The molecule has 0 aliphatic rings. The van der Waals surface area contributed by atoms with Crippen LogP contribution < -0.4 is 16.4 Å². The van der Waals surface area contributed by atoms with E-state index >= 15 is 0 Å². The van der Waals surface area contributed by atoms with Crippen molar-refractivity contribution in [1.82, 2.24) is 10.6 Å². The second kappa shape index (κ2) is 4.95. The topological polar surface area (TPSA) is 84.2 Å². The molecule has 0 aromatic carbocycles. The van der Waals surface area contributed by atoms with Crippen LogP contribution >= 0.6 is 0 Å². The van der Waals surface area contributed by atoms with Crippen LogP contribution in [0.2, 0.25) is 0 Å². The zero-order valence-corrected chi connectivity index (χ0v) is 9.18. The largest absolute Gasteiger partial charge is 0.368 e. The lowest BCUT2D eigenvalue weighted by molar-refractivity contribution is -0.126. The van der Waals surface area contributed by atoms with Gasteiger partial charge in [0.05, 0.1) is 11.6 Å². The molecule has 2 amide bonds. The summed E-state index contributed by atoms with van der Waals surface area (Å²) in [6.07, 6.45) is 0. The molecule has 14 heavy (non-hydrogen) atoms. The van der Waals surface area contributed by atoms with Gasteiger partial charge < -0.3 is 11.1 Å².